The van der Waals surface area contributed by atoms with E-state index in [0.717, 1.165) is 11.1 Å². The van der Waals surface area contributed by atoms with Crippen LogP contribution in [0.3, 0.4) is 0 Å². The molecule has 1 amide bonds. The maximum Gasteiger partial charge on any atom is 0.295 e. The van der Waals surface area contributed by atoms with Gasteiger partial charge in [-0.3, -0.25) is 9.59 Å². The number of aliphatic hydroxyl groups is 2. The van der Waals surface area contributed by atoms with Gasteiger partial charge in [0.1, 0.15) is 5.76 Å². The average molecular weight is 457 g/mol. The van der Waals surface area contributed by atoms with E-state index in [-0.39, 0.29) is 29.9 Å². The van der Waals surface area contributed by atoms with E-state index >= 15 is 0 Å². The summed E-state index contributed by atoms with van der Waals surface area (Å²) in [6.45, 7) is 7.37. The number of Topliss-reactive ketones (excluding diaryl/α,β-unsaturated/α-hetero) is 1. The highest BCUT2D eigenvalue weighted by molar-refractivity contribution is 6.46. The lowest BCUT2D eigenvalue weighted by atomic mass is 9.85. The summed E-state index contributed by atoms with van der Waals surface area (Å²) in [6, 6.07) is 13.6. The second kappa shape index (κ2) is 9.86. The summed E-state index contributed by atoms with van der Waals surface area (Å²) < 4.78 is 0. The van der Waals surface area contributed by atoms with E-state index in [1.807, 2.05) is 24.3 Å². The van der Waals surface area contributed by atoms with Gasteiger partial charge in [0, 0.05) is 30.2 Å². The number of amides is 1. The number of halogens is 1. The summed E-state index contributed by atoms with van der Waals surface area (Å²) in [5.41, 5.74) is 2.30. The highest BCUT2D eigenvalue weighted by Gasteiger charge is 2.45. The van der Waals surface area contributed by atoms with Crippen molar-refractivity contribution < 1.29 is 19.8 Å². The Labute approximate surface area is 193 Å². The van der Waals surface area contributed by atoms with Gasteiger partial charge in [0.25, 0.3) is 11.7 Å². The van der Waals surface area contributed by atoms with Gasteiger partial charge in [-0.25, -0.2) is 0 Å². The Kier molecular flexibility index (Phi) is 7.39. The molecule has 0 saturated carbocycles. The number of carbonyl (C=O) groups is 2. The minimum Gasteiger partial charge on any atom is -0.507 e. The molecule has 1 unspecified atom stereocenters. The molecule has 2 aromatic rings. The zero-order valence-electron chi connectivity index (χ0n) is 18.6. The molecule has 1 fully saturated rings. The molecule has 0 aromatic heterocycles. The first-order valence-corrected chi connectivity index (χ1v) is 11.0. The summed E-state index contributed by atoms with van der Waals surface area (Å²) in [6.07, 6.45) is 0. The van der Waals surface area contributed by atoms with E-state index in [4.69, 9.17) is 16.7 Å². The molecule has 3 N–H and O–H groups in total. The zero-order valence-corrected chi connectivity index (χ0v) is 19.3. The van der Waals surface area contributed by atoms with Crippen molar-refractivity contribution in [1.29, 1.82) is 0 Å². The van der Waals surface area contributed by atoms with E-state index < -0.39 is 17.7 Å². The summed E-state index contributed by atoms with van der Waals surface area (Å²) in [7, 11) is 0. The molecule has 0 bridgehead atoms. The zero-order chi connectivity index (χ0) is 23.5. The normalized spacial score (nSPS) is 18.4. The van der Waals surface area contributed by atoms with Crippen LogP contribution in [0.25, 0.3) is 5.76 Å². The Morgan fingerprint density at radius 2 is 1.66 bits per heavy atom. The molecular formula is C25H29ClN2O4. The quantitative estimate of drug-likeness (QED) is 0.256. The predicted octanol–water partition coefficient (Wildman–Crippen LogP) is 3.64. The average Bonchev–Trinajstić information content (AvgIpc) is 3.01. The van der Waals surface area contributed by atoms with E-state index in [1.165, 1.54) is 4.90 Å². The van der Waals surface area contributed by atoms with Crippen LogP contribution in [0.4, 0.5) is 0 Å². The van der Waals surface area contributed by atoms with Gasteiger partial charge in [-0.2, -0.15) is 0 Å². The SMILES string of the molecule is CC(C)(C)c1ccc(C2C(=C(O)c3ccc(Cl)cc3)C(=O)C(=O)N2CCNCCO)cc1. The first-order chi connectivity index (χ1) is 15.1. The standard InChI is InChI=1S/C25H29ClN2O4/c1-25(2,3)18-8-4-16(5-9-18)21-20(22(30)17-6-10-19(26)11-7-17)23(31)24(32)28(21)14-12-27-13-15-29/h4-11,21,27,29-30H,12-15H2,1-3H3. The molecule has 170 valence electrons. The lowest BCUT2D eigenvalue weighted by molar-refractivity contribution is -0.139. The Bertz CT molecular complexity index is 1010. The number of likely N-dealkylation sites (tertiary alicyclic amines) is 1. The number of carbonyl (C=O) groups excluding carboxylic acids is 2. The van der Waals surface area contributed by atoms with E-state index in [0.29, 0.717) is 23.7 Å². The van der Waals surface area contributed by atoms with Gasteiger partial charge in [0.15, 0.2) is 0 Å². The number of benzene rings is 2. The topological polar surface area (TPSA) is 89.9 Å². The lowest BCUT2D eigenvalue weighted by Crippen LogP contribution is -2.36. The smallest absolute Gasteiger partial charge is 0.295 e. The highest BCUT2D eigenvalue weighted by Crippen LogP contribution is 2.39. The fourth-order valence-electron chi connectivity index (χ4n) is 3.79. The van der Waals surface area contributed by atoms with Crippen LogP contribution in [-0.2, 0) is 15.0 Å². The number of hydrogen-bond acceptors (Lipinski definition) is 5. The molecule has 1 aliphatic rings. The van der Waals surface area contributed by atoms with Crippen LogP contribution >= 0.6 is 11.6 Å². The molecule has 0 aliphatic carbocycles. The molecular weight excluding hydrogens is 428 g/mol. The molecule has 6 nitrogen and oxygen atoms in total. The van der Waals surface area contributed by atoms with Crippen LogP contribution in [0.2, 0.25) is 5.02 Å². The van der Waals surface area contributed by atoms with E-state index in [2.05, 4.69) is 26.1 Å². The Morgan fingerprint density at radius 3 is 2.22 bits per heavy atom. The Hall–Kier alpha value is -2.67. The number of ketones is 1. The summed E-state index contributed by atoms with van der Waals surface area (Å²) >= 11 is 5.96. The van der Waals surface area contributed by atoms with Crippen molar-refractivity contribution in [2.24, 2.45) is 0 Å². The third-order valence-electron chi connectivity index (χ3n) is 5.57. The van der Waals surface area contributed by atoms with Gasteiger partial charge in [-0.15, -0.1) is 0 Å². The third-order valence-corrected chi connectivity index (χ3v) is 5.82. The molecule has 3 rings (SSSR count). The Morgan fingerprint density at radius 1 is 1.03 bits per heavy atom. The second-order valence-corrected chi connectivity index (χ2v) is 9.28. The first kappa shape index (κ1) is 24.0. The van der Waals surface area contributed by atoms with Crippen molar-refractivity contribution in [3.8, 4) is 0 Å². The van der Waals surface area contributed by atoms with Crippen molar-refractivity contribution in [2.45, 2.75) is 32.2 Å². The number of rotatable bonds is 7. The third kappa shape index (κ3) is 5.04. The van der Waals surface area contributed by atoms with Crippen LogP contribution in [0.1, 0.15) is 43.5 Å². The van der Waals surface area contributed by atoms with Crippen molar-refractivity contribution in [3.63, 3.8) is 0 Å². The van der Waals surface area contributed by atoms with Crippen LogP contribution in [-0.4, -0.2) is 53.0 Å². The first-order valence-electron chi connectivity index (χ1n) is 10.6. The molecule has 32 heavy (non-hydrogen) atoms. The van der Waals surface area contributed by atoms with Crippen molar-refractivity contribution >= 4 is 29.1 Å². The molecule has 0 spiro atoms. The number of nitrogens with one attached hydrogen (secondary N) is 1. The number of nitrogens with zero attached hydrogens (tertiary/aromatic N) is 1. The van der Waals surface area contributed by atoms with Crippen LogP contribution in [0.15, 0.2) is 54.1 Å². The van der Waals surface area contributed by atoms with Gasteiger partial charge < -0.3 is 20.4 Å². The number of aliphatic hydroxyl groups excluding tert-OH is 2. The minimum atomic E-state index is -0.718. The maximum atomic E-state index is 13.0. The van der Waals surface area contributed by atoms with Crippen LogP contribution in [0, 0.1) is 0 Å². The van der Waals surface area contributed by atoms with Gasteiger partial charge in [-0.1, -0.05) is 56.6 Å². The fraction of sp³-hybridized carbons (Fsp3) is 0.360. The molecule has 0 radical (unpaired) electrons. The van der Waals surface area contributed by atoms with Gasteiger partial charge in [0.05, 0.1) is 18.2 Å². The molecule has 1 aliphatic heterocycles. The summed E-state index contributed by atoms with van der Waals surface area (Å²) in [4.78, 5) is 27.4. The monoisotopic (exact) mass is 456 g/mol. The van der Waals surface area contributed by atoms with Crippen molar-refractivity contribution in [2.75, 3.05) is 26.2 Å². The van der Waals surface area contributed by atoms with Gasteiger partial charge in [-0.05, 0) is 40.8 Å². The molecule has 7 heteroatoms. The van der Waals surface area contributed by atoms with E-state index in [1.54, 1.807) is 24.3 Å². The lowest BCUT2D eigenvalue weighted by Gasteiger charge is -2.26. The van der Waals surface area contributed by atoms with Gasteiger partial charge >= 0.3 is 0 Å². The van der Waals surface area contributed by atoms with Gasteiger partial charge in [0.2, 0.25) is 0 Å². The maximum absolute atomic E-state index is 13.0. The highest BCUT2D eigenvalue weighted by atomic mass is 35.5. The Balaban J connectivity index is 2.07. The van der Waals surface area contributed by atoms with Crippen molar-refractivity contribution in [1.82, 2.24) is 10.2 Å². The van der Waals surface area contributed by atoms with E-state index in [9.17, 15) is 14.7 Å². The molecule has 2 aromatic carbocycles. The summed E-state index contributed by atoms with van der Waals surface area (Å²) in [5, 5.41) is 23.6. The second-order valence-electron chi connectivity index (χ2n) is 8.84. The number of hydrogen-bond donors (Lipinski definition) is 3. The molecule has 1 atom stereocenters. The molecule has 1 saturated heterocycles. The molecule has 1 heterocycles. The minimum absolute atomic E-state index is 0.0208. The summed E-state index contributed by atoms with van der Waals surface area (Å²) in [5.74, 6) is -1.60. The van der Waals surface area contributed by atoms with Crippen LogP contribution in [0.5, 0.6) is 0 Å². The largest absolute Gasteiger partial charge is 0.507 e. The van der Waals surface area contributed by atoms with Crippen LogP contribution < -0.4 is 5.32 Å². The van der Waals surface area contributed by atoms with Crippen molar-refractivity contribution in [3.05, 3.63) is 75.8 Å². The fourth-order valence-corrected chi connectivity index (χ4v) is 3.92. The predicted molar refractivity (Wildman–Crippen MR) is 126 cm³/mol.